The van der Waals surface area contributed by atoms with Crippen molar-refractivity contribution in [3.05, 3.63) is 29.5 Å². The van der Waals surface area contributed by atoms with E-state index in [1.54, 1.807) is 6.20 Å². The zero-order valence-corrected chi connectivity index (χ0v) is 7.43. The molecule has 0 saturated heterocycles. The smallest absolute Gasteiger partial charge is 0.188 e. The van der Waals surface area contributed by atoms with E-state index in [1.165, 1.54) is 11.3 Å². The van der Waals surface area contributed by atoms with Gasteiger partial charge in [-0.2, -0.15) is 5.26 Å². The molecule has 0 aromatic carbocycles. The average molecular weight is 190 g/mol. The summed E-state index contributed by atoms with van der Waals surface area (Å²) in [5.41, 5.74) is 0.943. The molecule has 0 aliphatic carbocycles. The molecule has 0 amide bonds. The predicted molar refractivity (Wildman–Crippen MR) is 50.9 cm³/mol. The molecule has 2 heterocycles. The van der Waals surface area contributed by atoms with Crippen LogP contribution in [0.25, 0.3) is 0 Å². The Hall–Kier alpha value is -1.80. The van der Waals surface area contributed by atoms with Gasteiger partial charge in [0, 0.05) is 12.4 Å². The SMILES string of the molecule is N#Cc1cnc(Nc2cc[nH]c2)s1. The van der Waals surface area contributed by atoms with Crippen LogP contribution in [-0.2, 0) is 0 Å². The number of aromatic amines is 1. The van der Waals surface area contributed by atoms with Crippen LogP contribution in [-0.4, -0.2) is 9.97 Å². The van der Waals surface area contributed by atoms with Gasteiger partial charge in [0.15, 0.2) is 5.13 Å². The molecule has 0 unspecified atom stereocenters. The second kappa shape index (κ2) is 3.29. The van der Waals surface area contributed by atoms with E-state index in [2.05, 4.69) is 15.3 Å². The molecule has 64 valence electrons. The highest BCUT2D eigenvalue weighted by Gasteiger charge is 2.00. The van der Waals surface area contributed by atoms with Crippen molar-refractivity contribution in [3.8, 4) is 6.07 Å². The van der Waals surface area contributed by atoms with E-state index in [-0.39, 0.29) is 0 Å². The molecule has 2 N–H and O–H groups in total. The molecule has 13 heavy (non-hydrogen) atoms. The molecule has 2 aromatic rings. The topological polar surface area (TPSA) is 64.5 Å². The summed E-state index contributed by atoms with van der Waals surface area (Å²) in [5.74, 6) is 0. The molecule has 0 radical (unpaired) electrons. The standard InChI is InChI=1S/C8H6N4S/c9-3-7-5-11-8(13-7)12-6-1-2-10-4-6/h1-2,4-5,10H,(H,11,12). The van der Waals surface area contributed by atoms with Crippen molar-refractivity contribution >= 4 is 22.2 Å². The minimum absolute atomic E-state index is 0.609. The lowest BCUT2D eigenvalue weighted by Crippen LogP contribution is -1.85. The molecule has 0 saturated carbocycles. The molecule has 0 spiro atoms. The average Bonchev–Trinajstić information content (AvgIpc) is 2.76. The van der Waals surface area contributed by atoms with Crippen LogP contribution in [0.5, 0.6) is 0 Å². The Morgan fingerprint density at radius 3 is 3.15 bits per heavy atom. The van der Waals surface area contributed by atoms with Crippen molar-refractivity contribution in [3.63, 3.8) is 0 Å². The van der Waals surface area contributed by atoms with E-state index in [1.807, 2.05) is 24.5 Å². The van der Waals surface area contributed by atoms with E-state index in [9.17, 15) is 0 Å². The van der Waals surface area contributed by atoms with Gasteiger partial charge in [-0.25, -0.2) is 4.98 Å². The van der Waals surface area contributed by atoms with Crippen LogP contribution in [0.15, 0.2) is 24.7 Å². The number of thiazole rings is 1. The first-order valence-electron chi connectivity index (χ1n) is 3.64. The highest BCUT2D eigenvalue weighted by molar-refractivity contribution is 7.16. The molecule has 5 heteroatoms. The van der Waals surface area contributed by atoms with Gasteiger partial charge in [0.25, 0.3) is 0 Å². The van der Waals surface area contributed by atoms with Crippen LogP contribution in [0.2, 0.25) is 0 Å². The summed E-state index contributed by atoms with van der Waals surface area (Å²) in [6.07, 6.45) is 5.20. The number of nitriles is 1. The molecule has 0 aliphatic heterocycles. The molecular formula is C8H6N4S. The maximum atomic E-state index is 8.56. The van der Waals surface area contributed by atoms with Gasteiger partial charge in [-0.15, -0.1) is 0 Å². The Morgan fingerprint density at radius 1 is 1.62 bits per heavy atom. The lowest BCUT2D eigenvalue weighted by atomic mass is 10.5. The number of aromatic nitrogens is 2. The fourth-order valence-electron chi connectivity index (χ4n) is 0.909. The Labute approximate surface area is 78.9 Å². The minimum atomic E-state index is 0.609. The number of nitrogens with zero attached hydrogens (tertiary/aromatic N) is 2. The highest BCUT2D eigenvalue weighted by atomic mass is 32.1. The van der Waals surface area contributed by atoms with Crippen molar-refractivity contribution in [1.29, 1.82) is 5.26 Å². The number of rotatable bonds is 2. The quantitative estimate of drug-likeness (QED) is 0.762. The second-order valence-corrected chi connectivity index (χ2v) is 3.40. The molecule has 2 aromatic heterocycles. The molecule has 4 nitrogen and oxygen atoms in total. The van der Waals surface area contributed by atoms with Crippen LogP contribution >= 0.6 is 11.3 Å². The zero-order chi connectivity index (χ0) is 9.10. The van der Waals surface area contributed by atoms with Crippen molar-refractivity contribution in [2.75, 3.05) is 5.32 Å². The maximum Gasteiger partial charge on any atom is 0.188 e. The van der Waals surface area contributed by atoms with Crippen molar-refractivity contribution < 1.29 is 0 Å². The Bertz CT molecular complexity index is 423. The van der Waals surface area contributed by atoms with E-state index < -0.39 is 0 Å². The Morgan fingerprint density at radius 2 is 2.54 bits per heavy atom. The van der Waals surface area contributed by atoms with Crippen LogP contribution in [0.1, 0.15) is 4.88 Å². The predicted octanol–water partition coefficient (Wildman–Crippen LogP) is 2.09. The first kappa shape index (κ1) is 7.83. The molecular weight excluding hydrogens is 184 g/mol. The third-order valence-corrected chi connectivity index (χ3v) is 2.28. The number of nitrogens with one attached hydrogen (secondary N) is 2. The molecule has 0 bridgehead atoms. The minimum Gasteiger partial charge on any atom is -0.366 e. The zero-order valence-electron chi connectivity index (χ0n) is 6.61. The normalized spacial score (nSPS) is 9.46. The van der Waals surface area contributed by atoms with Crippen LogP contribution in [0.4, 0.5) is 10.8 Å². The first-order valence-corrected chi connectivity index (χ1v) is 4.46. The fourth-order valence-corrected chi connectivity index (χ4v) is 1.54. The maximum absolute atomic E-state index is 8.56. The number of H-pyrrole nitrogens is 1. The summed E-state index contributed by atoms with van der Waals surface area (Å²) in [6, 6.07) is 3.93. The van der Waals surface area contributed by atoms with Crippen LogP contribution in [0, 0.1) is 11.3 Å². The third kappa shape index (κ3) is 1.68. The van der Waals surface area contributed by atoms with Gasteiger partial charge in [-0.05, 0) is 6.07 Å². The fraction of sp³-hybridized carbons (Fsp3) is 0. The Balaban J connectivity index is 2.15. The van der Waals surface area contributed by atoms with Crippen LogP contribution in [0.3, 0.4) is 0 Å². The molecule has 0 atom stereocenters. The molecule has 0 aliphatic rings. The van der Waals surface area contributed by atoms with Crippen molar-refractivity contribution in [1.82, 2.24) is 9.97 Å². The van der Waals surface area contributed by atoms with Gasteiger partial charge in [-0.1, -0.05) is 11.3 Å². The number of hydrogen-bond donors (Lipinski definition) is 2. The lowest BCUT2D eigenvalue weighted by molar-refractivity contribution is 1.37. The summed E-state index contributed by atoms with van der Waals surface area (Å²) < 4.78 is 0. The summed E-state index contributed by atoms with van der Waals surface area (Å²) in [7, 11) is 0. The number of hydrogen-bond acceptors (Lipinski definition) is 4. The van der Waals surface area contributed by atoms with E-state index >= 15 is 0 Å². The van der Waals surface area contributed by atoms with Crippen molar-refractivity contribution in [2.24, 2.45) is 0 Å². The Kier molecular flexibility index (Phi) is 1.98. The third-order valence-electron chi connectivity index (χ3n) is 1.47. The van der Waals surface area contributed by atoms with E-state index in [0.29, 0.717) is 4.88 Å². The monoisotopic (exact) mass is 190 g/mol. The van der Waals surface area contributed by atoms with E-state index in [4.69, 9.17) is 5.26 Å². The lowest BCUT2D eigenvalue weighted by Gasteiger charge is -1.95. The summed E-state index contributed by atoms with van der Waals surface area (Å²) in [5, 5.41) is 12.4. The largest absolute Gasteiger partial charge is 0.366 e. The summed E-state index contributed by atoms with van der Waals surface area (Å²) >= 11 is 1.33. The second-order valence-electron chi connectivity index (χ2n) is 2.37. The van der Waals surface area contributed by atoms with Gasteiger partial charge in [-0.3, -0.25) is 0 Å². The van der Waals surface area contributed by atoms with Gasteiger partial charge < -0.3 is 10.3 Å². The number of anilines is 2. The first-order chi connectivity index (χ1) is 6.38. The van der Waals surface area contributed by atoms with Gasteiger partial charge in [0.1, 0.15) is 10.9 Å². The van der Waals surface area contributed by atoms with Gasteiger partial charge >= 0.3 is 0 Å². The molecule has 2 rings (SSSR count). The van der Waals surface area contributed by atoms with E-state index in [0.717, 1.165) is 10.8 Å². The van der Waals surface area contributed by atoms with Crippen molar-refractivity contribution in [2.45, 2.75) is 0 Å². The summed E-state index contributed by atoms with van der Waals surface area (Å²) in [6.45, 7) is 0. The summed E-state index contributed by atoms with van der Waals surface area (Å²) in [4.78, 5) is 7.56. The van der Waals surface area contributed by atoms with Gasteiger partial charge in [0.05, 0.1) is 11.9 Å². The highest BCUT2D eigenvalue weighted by Crippen LogP contribution is 2.21. The molecule has 0 fully saturated rings. The van der Waals surface area contributed by atoms with Gasteiger partial charge in [0.2, 0.25) is 0 Å². The van der Waals surface area contributed by atoms with Crippen LogP contribution < -0.4 is 5.32 Å².